The fraction of sp³-hybridized carbons (Fsp3) is 0.600. The molecule has 1 rings (SSSR count). The van der Waals surface area contributed by atoms with Gasteiger partial charge >= 0.3 is 0 Å². The molecule has 0 amide bonds. The van der Waals surface area contributed by atoms with Crippen LogP contribution in [0.1, 0.15) is 26.0 Å². The van der Waals surface area contributed by atoms with Gasteiger partial charge in [-0.3, -0.25) is 4.79 Å². The van der Waals surface area contributed by atoms with Crippen molar-refractivity contribution < 1.29 is 0 Å². The number of hydrogen-bond donors (Lipinski definition) is 1. The molecule has 4 heteroatoms. The molecule has 1 N–H and O–H groups in total. The molecule has 0 bridgehead atoms. The molecule has 0 aromatic carbocycles. The molecule has 0 aliphatic carbocycles. The molecule has 1 aromatic heterocycles. The Balaban J connectivity index is 2.60. The zero-order valence-electron chi connectivity index (χ0n) is 8.95. The van der Waals surface area contributed by atoms with Gasteiger partial charge in [-0.1, -0.05) is 6.92 Å². The largest absolute Gasteiger partial charge is 0.309 e. The van der Waals surface area contributed by atoms with Crippen LogP contribution in [0.25, 0.3) is 0 Å². The van der Waals surface area contributed by atoms with Crippen LogP contribution in [0.3, 0.4) is 0 Å². The highest BCUT2D eigenvalue weighted by atomic mass is 16.1. The molecule has 14 heavy (non-hydrogen) atoms. The second kappa shape index (κ2) is 4.91. The highest BCUT2D eigenvalue weighted by molar-refractivity contribution is 4.99. The SMILES string of the molecule is CCC(C)NCc1ccc(=O)n(C)n1. The summed E-state index contributed by atoms with van der Waals surface area (Å²) in [6.45, 7) is 4.97. The molecule has 1 unspecified atom stereocenters. The summed E-state index contributed by atoms with van der Waals surface area (Å²) >= 11 is 0. The third-order valence-electron chi connectivity index (χ3n) is 2.26. The summed E-state index contributed by atoms with van der Waals surface area (Å²) in [7, 11) is 1.66. The molecule has 0 radical (unpaired) electrons. The average molecular weight is 195 g/mol. The quantitative estimate of drug-likeness (QED) is 0.768. The molecular weight excluding hydrogens is 178 g/mol. The van der Waals surface area contributed by atoms with Crippen molar-refractivity contribution in [3.8, 4) is 0 Å². The maximum absolute atomic E-state index is 11.0. The number of nitrogens with one attached hydrogen (secondary N) is 1. The Morgan fingerprint density at radius 3 is 2.86 bits per heavy atom. The first-order chi connectivity index (χ1) is 6.63. The lowest BCUT2D eigenvalue weighted by Crippen LogP contribution is -2.27. The smallest absolute Gasteiger partial charge is 0.266 e. The highest BCUT2D eigenvalue weighted by Gasteiger charge is 2.00. The van der Waals surface area contributed by atoms with Crippen molar-refractivity contribution in [3.05, 3.63) is 28.2 Å². The van der Waals surface area contributed by atoms with Crippen LogP contribution in [0.2, 0.25) is 0 Å². The van der Waals surface area contributed by atoms with E-state index in [0.717, 1.165) is 12.1 Å². The van der Waals surface area contributed by atoms with E-state index >= 15 is 0 Å². The summed E-state index contributed by atoms with van der Waals surface area (Å²) in [4.78, 5) is 11.0. The van der Waals surface area contributed by atoms with Gasteiger partial charge < -0.3 is 5.32 Å². The Morgan fingerprint density at radius 2 is 2.29 bits per heavy atom. The molecule has 1 atom stereocenters. The Kier molecular flexibility index (Phi) is 3.83. The summed E-state index contributed by atoms with van der Waals surface area (Å²) in [6.07, 6.45) is 1.09. The number of nitrogens with zero attached hydrogens (tertiary/aromatic N) is 2. The minimum atomic E-state index is -0.0720. The first kappa shape index (κ1) is 10.9. The van der Waals surface area contributed by atoms with E-state index in [-0.39, 0.29) is 5.56 Å². The van der Waals surface area contributed by atoms with Gasteiger partial charge in [-0.15, -0.1) is 0 Å². The van der Waals surface area contributed by atoms with Crippen molar-refractivity contribution in [2.24, 2.45) is 7.05 Å². The maximum atomic E-state index is 11.0. The second-order valence-electron chi connectivity index (χ2n) is 3.48. The van der Waals surface area contributed by atoms with Gasteiger partial charge in [0.2, 0.25) is 0 Å². The molecule has 78 valence electrons. The molecule has 1 aromatic rings. The Hall–Kier alpha value is -1.16. The van der Waals surface area contributed by atoms with E-state index in [1.54, 1.807) is 19.2 Å². The van der Waals surface area contributed by atoms with Gasteiger partial charge in [0, 0.05) is 25.7 Å². The summed E-state index contributed by atoms with van der Waals surface area (Å²) in [6, 6.07) is 3.78. The van der Waals surface area contributed by atoms with E-state index in [0.29, 0.717) is 12.6 Å². The van der Waals surface area contributed by atoms with Crippen molar-refractivity contribution in [1.29, 1.82) is 0 Å². The molecule has 0 aliphatic rings. The lowest BCUT2D eigenvalue weighted by molar-refractivity contribution is 0.519. The molecule has 0 spiro atoms. The Morgan fingerprint density at radius 1 is 1.57 bits per heavy atom. The fourth-order valence-electron chi connectivity index (χ4n) is 1.07. The zero-order chi connectivity index (χ0) is 10.6. The summed E-state index contributed by atoms with van der Waals surface area (Å²) < 4.78 is 1.35. The van der Waals surface area contributed by atoms with Gasteiger partial charge in [-0.05, 0) is 19.4 Å². The number of rotatable bonds is 4. The van der Waals surface area contributed by atoms with Crippen molar-refractivity contribution in [2.75, 3.05) is 0 Å². The van der Waals surface area contributed by atoms with Crippen molar-refractivity contribution in [2.45, 2.75) is 32.9 Å². The molecule has 1 heterocycles. The van der Waals surface area contributed by atoms with Gasteiger partial charge in [0.1, 0.15) is 0 Å². The monoisotopic (exact) mass is 195 g/mol. The van der Waals surface area contributed by atoms with E-state index in [1.165, 1.54) is 4.68 Å². The van der Waals surface area contributed by atoms with Crippen molar-refractivity contribution in [3.63, 3.8) is 0 Å². The topological polar surface area (TPSA) is 46.9 Å². The second-order valence-corrected chi connectivity index (χ2v) is 3.48. The zero-order valence-corrected chi connectivity index (χ0v) is 8.95. The standard InChI is InChI=1S/C10H17N3O/c1-4-8(2)11-7-9-5-6-10(14)13(3)12-9/h5-6,8,11H,4,7H2,1-3H3. The average Bonchev–Trinajstić information content (AvgIpc) is 2.19. The molecular formula is C10H17N3O. The maximum Gasteiger partial charge on any atom is 0.266 e. The molecule has 0 fully saturated rings. The van der Waals surface area contributed by atoms with Gasteiger partial charge in [0.15, 0.2) is 0 Å². The predicted octanol–water partition coefficient (Wildman–Crippen LogP) is 0.668. The Bertz CT molecular complexity index is 345. The Labute approximate surface area is 84.0 Å². The van der Waals surface area contributed by atoms with Gasteiger partial charge in [-0.2, -0.15) is 5.10 Å². The minimum Gasteiger partial charge on any atom is -0.309 e. The number of hydrogen-bond acceptors (Lipinski definition) is 3. The normalized spacial score (nSPS) is 12.8. The van der Waals surface area contributed by atoms with Crippen molar-refractivity contribution >= 4 is 0 Å². The summed E-state index contributed by atoms with van der Waals surface area (Å²) in [5, 5.41) is 7.44. The van der Waals surface area contributed by atoms with E-state index in [1.807, 2.05) is 0 Å². The molecule has 4 nitrogen and oxygen atoms in total. The summed E-state index contributed by atoms with van der Waals surface area (Å²) in [5.74, 6) is 0. The molecule has 0 aliphatic heterocycles. The lowest BCUT2D eigenvalue weighted by atomic mass is 10.2. The minimum absolute atomic E-state index is 0.0720. The van der Waals surface area contributed by atoms with Crippen LogP contribution in [-0.4, -0.2) is 15.8 Å². The van der Waals surface area contributed by atoms with Gasteiger partial charge in [0.25, 0.3) is 5.56 Å². The van der Waals surface area contributed by atoms with Crippen LogP contribution < -0.4 is 10.9 Å². The van der Waals surface area contributed by atoms with Crippen LogP contribution in [-0.2, 0) is 13.6 Å². The highest BCUT2D eigenvalue weighted by Crippen LogP contribution is 1.93. The van der Waals surface area contributed by atoms with E-state index in [2.05, 4.69) is 24.3 Å². The van der Waals surface area contributed by atoms with E-state index < -0.39 is 0 Å². The predicted molar refractivity (Wildman–Crippen MR) is 56.1 cm³/mol. The number of aryl methyl sites for hydroxylation is 1. The van der Waals surface area contributed by atoms with Crippen molar-refractivity contribution in [1.82, 2.24) is 15.1 Å². The van der Waals surface area contributed by atoms with Gasteiger partial charge in [0.05, 0.1) is 5.69 Å². The third-order valence-corrected chi connectivity index (χ3v) is 2.26. The van der Waals surface area contributed by atoms with Crippen LogP contribution in [0.15, 0.2) is 16.9 Å². The van der Waals surface area contributed by atoms with Crippen LogP contribution in [0, 0.1) is 0 Å². The van der Waals surface area contributed by atoms with E-state index in [4.69, 9.17) is 0 Å². The summed E-state index contributed by atoms with van der Waals surface area (Å²) in [5.41, 5.74) is 0.824. The lowest BCUT2D eigenvalue weighted by Gasteiger charge is -2.10. The van der Waals surface area contributed by atoms with Crippen LogP contribution in [0.4, 0.5) is 0 Å². The van der Waals surface area contributed by atoms with Crippen LogP contribution >= 0.6 is 0 Å². The fourth-order valence-corrected chi connectivity index (χ4v) is 1.07. The third kappa shape index (κ3) is 2.96. The van der Waals surface area contributed by atoms with Crippen LogP contribution in [0.5, 0.6) is 0 Å². The first-order valence-electron chi connectivity index (χ1n) is 4.90. The number of aromatic nitrogens is 2. The van der Waals surface area contributed by atoms with Gasteiger partial charge in [-0.25, -0.2) is 4.68 Å². The first-order valence-corrected chi connectivity index (χ1v) is 4.90. The van der Waals surface area contributed by atoms with E-state index in [9.17, 15) is 4.79 Å². The molecule has 0 saturated heterocycles. The molecule has 0 saturated carbocycles.